The number of rotatable bonds is 1. The van der Waals surface area contributed by atoms with Crippen LogP contribution in [0.1, 0.15) is 0 Å². The topological polar surface area (TPSA) is 9.23 Å². The summed E-state index contributed by atoms with van der Waals surface area (Å²) >= 11 is 0. The molecule has 3 aromatic carbocycles. The minimum absolute atomic E-state index is 0.313. The third kappa shape index (κ3) is 2.30. The van der Waals surface area contributed by atoms with Gasteiger partial charge in [-0.25, -0.2) is 13.2 Å². The summed E-state index contributed by atoms with van der Waals surface area (Å²) in [5.41, 5.74) is 0. The number of halogens is 5. The molecule has 3 aromatic rings. The van der Waals surface area contributed by atoms with Gasteiger partial charge in [-0.1, -0.05) is 24.3 Å². The first-order valence-corrected chi connectivity index (χ1v) is 8.34. The molecule has 0 spiro atoms. The lowest BCUT2D eigenvalue weighted by Crippen LogP contribution is -2.18. The van der Waals surface area contributed by atoms with E-state index in [-0.39, 0.29) is 0 Å². The summed E-state index contributed by atoms with van der Waals surface area (Å²) in [5.74, 6) is -9.11. The summed E-state index contributed by atoms with van der Waals surface area (Å²) in [6, 6.07) is 12.8. The summed E-state index contributed by atoms with van der Waals surface area (Å²) in [7, 11) is -1.53. The van der Waals surface area contributed by atoms with Crippen LogP contribution in [0, 0.1) is 29.1 Å². The van der Waals surface area contributed by atoms with Crippen LogP contribution in [0.4, 0.5) is 22.0 Å². The highest BCUT2D eigenvalue weighted by Crippen LogP contribution is 2.48. The normalized spacial score (nSPS) is 13.2. The van der Waals surface area contributed by atoms with Gasteiger partial charge in [0.05, 0.1) is 0 Å². The Kier molecular flexibility index (Phi) is 3.68. The van der Waals surface area contributed by atoms with Crippen LogP contribution in [0.25, 0.3) is 0 Å². The van der Waals surface area contributed by atoms with Crippen LogP contribution in [0.3, 0.4) is 0 Å². The zero-order valence-electron chi connectivity index (χ0n) is 12.3. The fourth-order valence-corrected chi connectivity index (χ4v) is 4.89. The summed E-state index contributed by atoms with van der Waals surface area (Å²) in [6.07, 6.45) is 0. The average Bonchev–Trinajstić information content (AvgIpc) is 2.64. The highest BCUT2D eigenvalue weighted by molar-refractivity contribution is 7.97. The Morgan fingerprint density at radius 1 is 0.560 bits per heavy atom. The molecule has 0 aromatic heterocycles. The Balaban J connectivity index is 2.08. The zero-order chi connectivity index (χ0) is 17.7. The van der Waals surface area contributed by atoms with Crippen molar-refractivity contribution in [1.82, 2.24) is 0 Å². The van der Waals surface area contributed by atoms with E-state index in [1.165, 1.54) is 0 Å². The quantitative estimate of drug-likeness (QED) is 0.185. The van der Waals surface area contributed by atoms with Crippen LogP contribution in [0.2, 0.25) is 0 Å². The first-order valence-electron chi connectivity index (χ1n) is 7.12. The fraction of sp³-hybridized carbons (Fsp3) is 0. The zero-order valence-corrected chi connectivity index (χ0v) is 13.1. The van der Waals surface area contributed by atoms with Crippen molar-refractivity contribution < 1.29 is 26.7 Å². The smallest absolute Gasteiger partial charge is 0.244 e. The second kappa shape index (κ2) is 5.77. The lowest BCUT2D eigenvalue weighted by molar-refractivity contribution is 0.359. The Hall–Kier alpha value is -2.54. The van der Waals surface area contributed by atoms with Gasteiger partial charge in [-0.05, 0) is 24.3 Å². The van der Waals surface area contributed by atoms with E-state index in [2.05, 4.69) is 0 Å². The van der Waals surface area contributed by atoms with Crippen molar-refractivity contribution in [2.24, 2.45) is 0 Å². The Bertz CT molecular complexity index is 930. The molecule has 7 heteroatoms. The molecule has 0 atom stereocenters. The van der Waals surface area contributed by atoms with Crippen LogP contribution in [0.5, 0.6) is 11.5 Å². The van der Waals surface area contributed by atoms with E-state index >= 15 is 0 Å². The minimum Gasteiger partial charge on any atom is -0.447 e. The molecule has 126 valence electrons. The molecule has 4 rings (SSSR count). The van der Waals surface area contributed by atoms with Gasteiger partial charge in [-0.2, -0.15) is 8.78 Å². The SMILES string of the molecule is Fc1c(F)c(F)c([S+]2c3ccccc3Oc3ccccc32)c(F)c1F. The van der Waals surface area contributed by atoms with Crippen LogP contribution < -0.4 is 4.74 Å². The maximum absolute atomic E-state index is 14.4. The fourth-order valence-electron chi connectivity index (χ4n) is 2.63. The Labute approximate surface area is 142 Å². The van der Waals surface area contributed by atoms with E-state index in [0.29, 0.717) is 21.3 Å². The predicted molar refractivity (Wildman–Crippen MR) is 81.4 cm³/mol. The highest BCUT2D eigenvalue weighted by Gasteiger charge is 2.46. The number of benzene rings is 3. The molecule has 0 saturated carbocycles. The van der Waals surface area contributed by atoms with Crippen molar-refractivity contribution in [1.29, 1.82) is 0 Å². The molecule has 0 radical (unpaired) electrons. The largest absolute Gasteiger partial charge is 0.447 e. The third-order valence-corrected chi connectivity index (χ3v) is 6.05. The Morgan fingerprint density at radius 3 is 1.44 bits per heavy atom. The van der Waals surface area contributed by atoms with Crippen molar-refractivity contribution in [2.45, 2.75) is 14.7 Å². The molecule has 25 heavy (non-hydrogen) atoms. The lowest BCUT2D eigenvalue weighted by atomic mass is 10.3. The molecule has 0 saturated heterocycles. The molecule has 1 aliphatic rings. The van der Waals surface area contributed by atoms with E-state index in [0.717, 1.165) is 0 Å². The second-order valence-electron chi connectivity index (χ2n) is 5.20. The van der Waals surface area contributed by atoms with Crippen LogP contribution >= 0.6 is 0 Å². The summed E-state index contributed by atoms with van der Waals surface area (Å²) in [5, 5.41) is 0. The van der Waals surface area contributed by atoms with Crippen LogP contribution in [-0.4, -0.2) is 0 Å². The minimum atomic E-state index is -2.17. The lowest BCUT2D eigenvalue weighted by Gasteiger charge is -2.20. The van der Waals surface area contributed by atoms with Crippen molar-refractivity contribution >= 4 is 10.9 Å². The van der Waals surface area contributed by atoms with Gasteiger partial charge in [-0.15, -0.1) is 0 Å². The van der Waals surface area contributed by atoms with E-state index in [4.69, 9.17) is 4.74 Å². The predicted octanol–water partition coefficient (Wildman–Crippen LogP) is 5.58. The molecule has 0 unspecified atom stereocenters. The van der Waals surface area contributed by atoms with Crippen LogP contribution in [0.15, 0.2) is 63.2 Å². The molecule has 0 bridgehead atoms. The van der Waals surface area contributed by atoms with E-state index in [9.17, 15) is 22.0 Å². The van der Waals surface area contributed by atoms with Gasteiger partial charge < -0.3 is 4.74 Å². The highest BCUT2D eigenvalue weighted by atomic mass is 32.2. The van der Waals surface area contributed by atoms with Gasteiger partial charge in [0, 0.05) is 0 Å². The summed E-state index contributed by atoms with van der Waals surface area (Å²) < 4.78 is 75.4. The number of ether oxygens (including phenoxy) is 1. The summed E-state index contributed by atoms with van der Waals surface area (Å²) in [4.78, 5) is -0.159. The number of para-hydroxylation sites is 2. The van der Waals surface area contributed by atoms with Crippen LogP contribution in [-0.2, 0) is 10.9 Å². The van der Waals surface area contributed by atoms with Crippen molar-refractivity contribution in [3.63, 3.8) is 0 Å². The number of hydrogen-bond acceptors (Lipinski definition) is 1. The first-order chi connectivity index (χ1) is 12.0. The first kappa shape index (κ1) is 16.0. The number of fused-ring (bicyclic) bond motifs is 2. The second-order valence-corrected chi connectivity index (χ2v) is 7.10. The maximum Gasteiger partial charge on any atom is 0.244 e. The molecule has 1 nitrogen and oxygen atoms in total. The van der Waals surface area contributed by atoms with Gasteiger partial charge in [0.15, 0.2) is 11.5 Å². The average molecular weight is 367 g/mol. The molecule has 0 aliphatic carbocycles. The molecule has 0 fully saturated rings. The molecular formula is C18H8F5OS+. The molecule has 0 amide bonds. The monoisotopic (exact) mass is 367 g/mol. The maximum atomic E-state index is 14.4. The van der Waals surface area contributed by atoms with Crippen molar-refractivity contribution in [2.75, 3.05) is 0 Å². The van der Waals surface area contributed by atoms with Gasteiger partial charge >= 0.3 is 0 Å². The number of hydrogen-bond donors (Lipinski definition) is 0. The molecule has 1 aliphatic heterocycles. The standard InChI is InChI=1S/C18H8F5OS/c19-13-14(20)16(22)18(17(23)15(13)21)25-11-7-3-1-5-9(11)24-10-6-2-4-8-12(10)25/h1-8H/q+1. The van der Waals surface area contributed by atoms with Crippen molar-refractivity contribution in [3.8, 4) is 11.5 Å². The molecular weight excluding hydrogens is 359 g/mol. The van der Waals surface area contributed by atoms with Gasteiger partial charge in [-0.3, -0.25) is 0 Å². The van der Waals surface area contributed by atoms with Gasteiger partial charge in [0.2, 0.25) is 43.8 Å². The Morgan fingerprint density at radius 2 is 0.960 bits per heavy atom. The molecule has 1 heterocycles. The van der Waals surface area contributed by atoms with Crippen molar-refractivity contribution in [3.05, 3.63) is 77.6 Å². The van der Waals surface area contributed by atoms with Gasteiger partial charge in [0.1, 0.15) is 10.9 Å². The van der Waals surface area contributed by atoms with E-state index in [1.54, 1.807) is 48.5 Å². The van der Waals surface area contributed by atoms with E-state index < -0.39 is 44.9 Å². The summed E-state index contributed by atoms with van der Waals surface area (Å²) in [6.45, 7) is 0. The molecule has 0 N–H and O–H groups in total. The third-order valence-electron chi connectivity index (χ3n) is 3.73. The van der Waals surface area contributed by atoms with Gasteiger partial charge in [0.25, 0.3) is 0 Å². The van der Waals surface area contributed by atoms with E-state index in [1.807, 2.05) is 0 Å².